The summed E-state index contributed by atoms with van der Waals surface area (Å²) in [7, 11) is 0. The molecule has 2 N–H and O–H groups in total. The molecule has 0 atom stereocenters. The Morgan fingerprint density at radius 1 is 0.585 bits per heavy atom. The predicted molar refractivity (Wildman–Crippen MR) is 159 cm³/mol. The monoisotopic (exact) mass is 577 g/mol. The van der Waals surface area contributed by atoms with E-state index in [-0.39, 0.29) is 5.56 Å². The summed E-state index contributed by atoms with van der Waals surface area (Å²) in [5.41, 5.74) is -0.0323. The van der Waals surface area contributed by atoms with Crippen molar-refractivity contribution in [1.82, 2.24) is 4.90 Å². The van der Waals surface area contributed by atoms with Gasteiger partial charge in [0.05, 0.1) is 13.2 Å². The van der Waals surface area contributed by atoms with Crippen LogP contribution in [0.2, 0.25) is 0 Å². The average Bonchev–Trinajstić information content (AvgIpc) is 2.93. The van der Waals surface area contributed by atoms with Crippen LogP contribution < -0.4 is 9.47 Å². The van der Waals surface area contributed by atoms with Crippen molar-refractivity contribution in [3.8, 4) is 11.5 Å². The third-order valence-electron chi connectivity index (χ3n) is 6.81. The second-order valence-electron chi connectivity index (χ2n) is 10.6. The van der Waals surface area contributed by atoms with Gasteiger partial charge >= 0.3 is 11.9 Å². The first kappa shape index (κ1) is 35.9. The van der Waals surface area contributed by atoms with E-state index in [2.05, 4.69) is 13.8 Å². The Labute approximate surface area is 245 Å². The van der Waals surface area contributed by atoms with E-state index in [4.69, 9.17) is 19.7 Å². The van der Waals surface area contributed by atoms with Gasteiger partial charge in [-0.1, -0.05) is 104 Å². The quantitative estimate of drug-likeness (QED) is 0.0690. The molecular formula is C32H51NO8. The molecule has 9 nitrogen and oxygen atoms in total. The van der Waals surface area contributed by atoms with Crippen LogP contribution in [0.1, 0.15) is 127 Å². The fraction of sp³-hybridized carbons (Fsp3) is 0.688. The molecule has 0 unspecified atom stereocenters. The Hall–Kier alpha value is -3.10. The lowest BCUT2D eigenvalue weighted by molar-refractivity contribution is -0.147. The molecule has 0 bridgehead atoms. The molecule has 1 aromatic rings. The van der Waals surface area contributed by atoms with Gasteiger partial charge in [0.15, 0.2) is 0 Å². The van der Waals surface area contributed by atoms with Gasteiger partial charge in [0.1, 0.15) is 24.6 Å². The lowest BCUT2D eigenvalue weighted by Crippen LogP contribution is -2.43. The third-order valence-corrected chi connectivity index (χ3v) is 6.81. The number of hydrogen-bond donors (Lipinski definition) is 2. The molecule has 41 heavy (non-hydrogen) atoms. The lowest BCUT2D eigenvalue weighted by atomic mass is 10.1. The molecule has 1 rings (SSSR count). The van der Waals surface area contributed by atoms with Crippen LogP contribution in [-0.2, 0) is 14.4 Å². The topological polar surface area (TPSA) is 130 Å². The van der Waals surface area contributed by atoms with E-state index in [1.807, 2.05) is 0 Å². The van der Waals surface area contributed by atoms with Crippen LogP contribution >= 0.6 is 0 Å². The first-order valence-electron chi connectivity index (χ1n) is 15.5. The summed E-state index contributed by atoms with van der Waals surface area (Å²) < 4.78 is 11.8. The van der Waals surface area contributed by atoms with E-state index in [9.17, 15) is 19.2 Å². The standard InChI is InChI=1S/C32H51NO8/c1-3-5-7-9-11-13-15-17-19-40-27-21-26(31(38)32(39)33(24-29(34)35)25-30(36)37)22-28(23-27)41-20-18-16-14-12-10-8-6-4-2/h21-23H,3-20,24-25H2,1-2H3,(H,34,35)(H,36,37). The van der Waals surface area contributed by atoms with Crippen molar-refractivity contribution in [3.05, 3.63) is 23.8 Å². The highest BCUT2D eigenvalue weighted by molar-refractivity contribution is 6.43. The second kappa shape index (κ2) is 22.6. The minimum absolute atomic E-state index is 0.0323. The number of ketones is 1. The van der Waals surface area contributed by atoms with Crippen LogP contribution in [0, 0.1) is 0 Å². The molecule has 1 aromatic carbocycles. The fourth-order valence-electron chi connectivity index (χ4n) is 4.51. The van der Waals surface area contributed by atoms with E-state index >= 15 is 0 Å². The molecule has 0 spiro atoms. The second-order valence-corrected chi connectivity index (χ2v) is 10.6. The number of aliphatic carboxylic acids is 2. The molecule has 0 fully saturated rings. The SMILES string of the molecule is CCCCCCCCCCOc1cc(OCCCCCCCCCC)cc(C(=O)C(=O)N(CC(=O)O)CC(=O)O)c1. The van der Waals surface area contributed by atoms with Crippen LogP contribution in [0.15, 0.2) is 18.2 Å². The number of carbonyl (C=O) groups excluding carboxylic acids is 2. The zero-order valence-corrected chi connectivity index (χ0v) is 25.2. The number of rotatable bonds is 26. The summed E-state index contributed by atoms with van der Waals surface area (Å²) in [6.07, 6.45) is 18.5. The van der Waals surface area contributed by atoms with Gasteiger partial charge in [0, 0.05) is 11.6 Å². The number of Topliss-reactive ketones (excluding diaryl/α,β-unsaturated/α-hetero) is 1. The van der Waals surface area contributed by atoms with Crippen LogP contribution in [-0.4, -0.2) is 65.0 Å². The van der Waals surface area contributed by atoms with E-state index in [1.54, 1.807) is 6.07 Å². The smallest absolute Gasteiger partial charge is 0.323 e. The van der Waals surface area contributed by atoms with Gasteiger partial charge in [0.25, 0.3) is 11.7 Å². The maximum Gasteiger partial charge on any atom is 0.323 e. The number of carboxylic acids is 2. The molecule has 0 aliphatic heterocycles. The Morgan fingerprint density at radius 3 is 1.32 bits per heavy atom. The number of unbranched alkanes of at least 4 members (excludes halogenated alkanes) is 14. The number of amides is 1. The van der Waals surface area contributed by atoms with E-state index in [0.717, 1.165) is 38.5 Å². The van der Waals surface area contributed by atoms with Crippen molar-refractivity contribution in [2.24, 2.45) is 0 Å². The first-order valence-corrected chi connectivity index (χ1v) is 15.5. The average molecular weight is 578 g/mol. The van der Waals surface area contributed by atoms with Gasteiger partial charge in [-0.05, 0) is 25.0 Å². The molecule has 232 valence electrons. The number of carboxylic acid groups (broad SMARTS) is 2. The summed E-state index contributed by atoms with van der Waals surface area (Å²) in [6.45, 7) is 3.50. The van der Waals surface area contributed by atoms with Gasteiger partial charge in [-0.2, -0.15) is 0 Å². The molecule has 0 aliphatic carbocycles. The fourth-order valence-corrected chi connectivity index (χ4v) is 4.51. The largest absolute Gasteiger partial charge is 0.493 e. The van der Waals surface area contributed by atoms with E-state index < -0.39 is 36.7 Å². The Kier molecular flexibility index (Phi) is 19.8. The molecule has 9 heteroatoms. The first-order chi connectivity index (χ1) is 19.8. The molecule has 1 amide bonds. The van der Waals surface area contributed by atoms with Gasteiger partial charge < -0.3 is 24.6 Å². The molecular weight excluding hydrogens is 526 g/mol. The summed E-state index contributed by atoms with van der Waals surface area (Å²) in [5.74, 6) is -4.29. The highest BCUT2D eigenvalue weighted by Crippen LogP contribution is 2.25. The zero-order chi connectivity index (χ0) is 30.3. The lowest BCUT2D eigenvalue weighted by Gasteiger charge is -2.18. The van der Waals surface area contributed by atoms with Crippen LogP contribution in [0.25, 0.3) is 0 Å². The molecule has 0 radical (unpaired) electrons. The number of carbonyl (C=O) groups is 4. The van der Waals surface area contributed by atoms with Crippen molar-refractivity contribution in [1.29, 1.82) is 0 Å². The molecule has 0 aliphatic rings. The predicted octanol–water partition coefficient (Wildman–Crippen LogP) is 6.91. The summed E-state index contributed by atoms with van der Waals surface area (Å²) >= 11 is 0. The summed E-state index contributed by atoms with van der Waals surface area (Å²) in [5, 5.41) is 18.1. The normalized spacial score (nSPS) is 10.8. The van der Waals surface area contributed by atoms with Gasteiger partial charge in [-0.3, -0.25) is 19.2 Å². The maximum absolute atomic E-state index is 13.0. The van der Waals surface area contributed by atoms with Gasteiger partial charge in [0.2, 0.25) is 0 Å². The van der Waals surface area contributed by atoms with Crippen molar-refractivity contribution in [3.63, 3.8) is 0 Å². The Morgan fingerprint density at radius 2 is 0.951 bits per heavy atom. The number of ether oxygens (including phenoxy) is 2. The van der Waals surface area contributed by atoms with E-state index in [1.165, 1.54) is 76.3 Å². The summed E-state index contributed by atoms with van der Waals surface area (Å²) in [6, 6.07) is 4.53. The van der Waals surface area contributed by atoms with Crippen molar-refractivity contribution in [2.75, 3.05) is 26.3 Å². The Bertz CT molecular complexity index is 861. The van der Waals surface area contributed by atoms with Crippen molar-refractivity contribution >= 4 is 23.6 Å². The number of nitrogens with zero attached hydrogens (tertiary/aromatic N) is 1. The maximum atomic E-state index is 13.0. The highest BCUT2D eigenvalue weighted by Gasteiger charge is 2.27. The van der Waals surface area contributed by atoms with Crippen molar-refractivity contribution < 1.29 is 38.9 Å². The van der Waals surface area contributed by atoms with Crippen LogP contribution in [0.5, 0.6) is 11.5 Å². The van der Waals surface area contributed by atoms with E-state index in [0.29, 0.717) is 29.6 Å². The van der Waals surface area contributed by atoms with Crippen LogP contribution in [0.3, 0.4) is 0 Å². The molecule has 0 saturated heterocycles. The van der Waals surface area contributed by atoms with Crippen LogP contribution in [0.4, 0.5) is 0 Å². The molecule has 0 heterocycles. The highest BCUT2D eigenvalue weighted by atomic mass is 16.5. The molecule has 0 saturated carbocycles. The minimum atomic E-state index is -1.41. The van der Waals surface area contributed by atoms with Gasteiger partial charge in [-0.15, -0.1) is 0 Å². The summed E-state index contributed by atoms with van der Waals surface area (Å²) in [4.78, 5) is 48.6. The zero-order valence-electron chi connectivity index (χ0n) is 25.2. The third kappa shape index (κ3) is 17.3. The minimum Gasteiger partial charge on any atom is -0.493 e. The molecule has 0 aromatic heterocycles. The van der Waals surface area contributed by atoms with Crippen molar-refractivity contribution in [2.45, 2.75) is 117 Å². The number of benzene rings is 1. The van der Waals surface area contributed by atoms with Gasteiger partial charge in [-0.25, -0.2) is 0 Å². The number of hydrogen-bond acceptors (Lipinski definition) is 6. The Balaban J connectivity index is 2.80.